The molecule has 0 aromatic heterocycles. The molecule has 0 aromatic carbocycles. The van der Waals surface area contributed by atoms with Gasteiger partial charge in [-0.1, -0.05) is 276 Å². The normalized spacial score (nSPS) is 12.2. The van der Waals surface area contributed by atoms with Gasteiger partial charge in [-0.2, -0.15) is 0 Å². The summed E-state index contributed by atoms with van der Waals surface area (Å²) in [6, 6.07) is 0. The number of carbonyl (C=O) groups is 2. The largest absolute Gasteiger partial charge is 0.462 e. The Morgan fingerprint density at radius 1 is 0.344 bits per heavy atom. The highest BCUT2D eigenvalue weighted by Gasteiger charge is 2.17. The van der Waals surface area contributed by atoms with Crippen molar-refractivity contribution in [3.05, 3.63) is 24.3 Å². The smallest absolute Gasteiger partial charge is 0.306 e. The first-order valence-electron chi connectivity index (χ1n) is 28.9. The molecule has 1 unspecified atom stereocenters. The molecule has 0 bridgehead atoms. The van der Waals surface area contributed by atoms with Crippen molar-refractivity contribution in [3.63, 3.8) is 0 Å². The van der Waals surface area contributed by atoms with Gasteiger partial charge in [-0.05, 0) is 51.4 Å². The molecule has 0 aliphatic rings. The van der Waals surface area contributed by atoms with Crippen molar-refractivity contribution in [1.29, 1.82) is 0 Å². The number of hydrogen-bond acceptors (Lipinski definition) is 5. The van der Waals surface area contributed by atoms with E-state index in [9.17, 15) is 9.59 Å². The van der Waals surface area contributed by atoms with Gasteiger partial charge in [-0.3, -0.25) is 9.59 Å². The third-order valence-electron chi connectivity index (χ3n) is 13.0. The van der Waals surface area contributed by atoms with E-state index in [4.69, 9.17) is 14.2 Å². The molecule has 0 aliphatic carbocycles. The molecular formula is C59H112O5. The minimum absolute atomic E-state index is 0.0912. The highest BCUT2D eigenvalue weighted by Crippen LogP contribution is 2.17. The van der Waals surface area contributed by atoms with Gasteiger partial charge >= 0.3 is 11.9 Å². The third-order valence-corrected chi connectivity index (χ3v) is 13.0. The van der Waals surface area contributed by atoms with Crippen molar-refractivity contribution in [3.8, 4) is 0 Å². The summed E-state index contributed by atoms with van der Waals surface area (Å²) in [5, 5.41) is 0. The molecule has 0 radical (unpaired) electrons. The van der Waals surface area contributed by atoms with Crippen LogP contribution < -0.4 is 0 Å². The second kappa shape index (κ2) is 55.7. The summed E-state index contributed by atoms with van der Waals surface area (Å²) in [6.45, 7) is 7.85. The Morgan fingerprint density at radius 2 is 0.656 bits per heavy atom. The number of carbonyl (C=O) groups excluding carboxylic acids is 2. The third kappa shape index (κ3) is 53.0. The molecule has 64 heavy (non-hydrogen) atoms. The molecule has 0 amide bonds. The van der Waals surface area contributed by atoms with Crippen LogP contribution in [-0.4, -0.2) is 37.9 Å². The van der Waals surface area contributed by atoms with E-state index in [0.717, 1.165) is 44.9 Å². The molecular weight excluding hydrogens is 789 g/mol. The second-order valence-corrected chi connectivity index (χ2v) is 19.6. The fourth-order valence-electron chi connectivity index (χ4n) is 8.66. The lowest BCUT2D eigenvalue weighted by Crippen LogP contribution is -2.30. The van der Waals surface area contributed by atoms with Gasteiger partial charge in [0, 0.05) is 19.4 Å². The SMILES string of the molecule is CCCCC/C=C\C/C=C\CCCCCCCCCCOCC(COC(=O)CCCCCCCCCCCCCCCCCCCCC)OC(=O)CCCCCCCCCCCCC. The van der Waals surface area contributed by atoms with Crippen molar-refractivity contribution < 1.29 is 23.8 Å². The maximum absolute atomic E-state index is 12.8. The van der Waals surface area contributed by atoms with Gasteiger partial charge in [0.15, 0.2) is 6.10 Å². The summed E-state index contributed by atoms with van der Waals surface area (Å²) in [6.07, 6.45) is 66.3. The van der Waals surface area contributed by atoms with E-state index in [1.165, 1.54) is 238 Å². The van der Waals surface area contributed by atoms with Crippen LogP contribution in [0.1, 0.15) is 316 Å². The Kier molecular flexibility index (Phi) is 54.3. The first-order valence-corrected chi connectivity index (χ1v) is 28.9. The van der Waals surface area contributed by atoms with Crippen LogP contribution in [0.3, 0.4) is 0 Å². The number of unbranched alkanes of at least 4 members (excludes halogenated alkanes) is 39. The first-order chi connectivity index (χ1) is 31.6. The fourth-order valence-corrected chi connectivity index (χ4v) is 8.66. The molecule has 0 fully saturated rings. The number of allylic oxidation sites excluding steroid dienone is 4. The average molecular weight is 902 g/mol. The minimum Gasteiger partial charge on any atom is -0.462 e. The summed E-state index contributed by atoms with van der Waals surface area (Å²) in [7, 11) is 0. The molecule has 1 atom stereocenters. The monoisotopic (exact) mass is 901 g/mol. The highest BCUT2D eigenvalue weighted by atomic mass is 16.6. The van der Waals surface area contributed by atoms with Crippen LogP contribution in [-0.2, 0) is 23.8 Å². The molecule has 0 heterocycles. The molecule has 0 saturated carbocycles. The van der Waals surface area contributed by atoms with Gasteiger partial charge in [-0.15, -0.1) is 0 Å². The lowest BCUT2D eigenvalue weighted by Gasteiger charge is -2.18. The number of hydrogen-bond donors (Lipinski definition) is 0. The van der Waals surface area contributed by atoms with E-state index in [-0.39, 0.29) is 18.5 Å². The molecule has 0 saturated heterocycles. The van der Waals surface area contributed by atoms with Crippen LogP contribution in [0.4, 0.5) is 0 Å². The van der Waals surface area contributed by atoms with E-state index in [1.54, 1.807) is 0 Å². The lowest BCUT2D eigenvalue weighted by atomic mass is 10.0. The molecule has 0 aliphatic heterocycles. The summed E-state index contributed by atoms with van der Waals surface area (Å²) in [4.78, 5) is 25.5. The molecule has 0 aromatic rings. The minimum atomic E-state index is -0.531. The molecule has 5 heteroatoms. The Bertz CT molecular complexity index is 974. The Balaban J connectivity index is 4.15. The van der Waals surface area contributed by atoms with E-state index >= 15 is 0 Å². The predicted molar refractivity (Wildman–Crippen MR) is 279 cm³/mol. The van der Waals surface area contributed by atoms with Crippen LogP contribution in [0.2, 0.25) is 0 Å². The van der Waals surface area contributed by atoms with Crippen molar-refractivity contribution in [2.24, 2.45) is 0 Å². The fraction of sp³-hybridized carbons (Fsp3) is 0.898. The summed E-state index contributed by atoms with van der Waals surface area (Å²) < 4.78 is 17.5. The molecule has 0 N–H and O–H groups in total. The van der Waals surface area contributed by atoms with E-state index in [2.05, 4.69) is 45.1 Å². The summed E-state index contributed by atoms with van der Waals surface area (Å²) in [5.74, 6) is -0.378. The van der Waals surface area contributed by atoms with Gasteiger partial charge in [-0.25, -0.2) is 0 Å². The molecule has 5 nitrogen and oxygen atoms in total. The van der Waals surface area contributed by atoms with Gasteiger partial charge in [0.2, 0.25) is 0 Å². The van der Waals surface area contributed by atoms with E-state index in [0.29, 0.717) is 26.1 Å². The zero-order valence-corrected chi connectivity index (χ0v) is 43.6. The van der Waals surface area contributed by atoms with Crippen molar-refractivity contribution in [2.75, 3.05) is 19.8 Å². The molecule has 0 rings (SSSR count). The van der Waals surface area contributed by atoms with E-state index < -0.39 is 6.10 Å². The quantitative estimate of drug-likeness (QED) is 0.0346. The van der Waals surface area contributed by atoms with Gasteiger partial charge in [0.1, 0.15) is 6.61 Å². The standard InChI is InChI=1S/C59H112O5/c1-4-7-10-13-16-19-22-24-26-28-30-31-33-35-38-40-43-46-49-52-58(60)63-56-57(64-59(61)53-50-47-44-41-37-21-18-15-12-9-6-3)55-62-54-51-48-45-42-39-36-34-32-29-27-25-23-20-17-14-11-8-5-2/h17,20,25,27,57H,4-16,18-19,21-24,26,28-56H2,1-3H3/b20-17-,27-25-. The van der Waals surface area contributed by atoms with Crippen LogP contribution >= 0.6 is 0 Å². The predicted octanol–water partition coefficient (Wildman–Crippen LogP) is 19.6. The molecule has 378 valence electrons. The Hall–Kier alpha value is -1.62. The maximum atomic E-state index is 12.8. The Labute approximate surface area is 400 Å². The van der Waals surface area contributed by atoms with Crippen LogP contribution in [0.25, 0.3) is 0 Å². The average Bonchev–Trinajstić information content (AvgIpc) is 3.30. The number of esters is 2. The topological polar surface area (TPSA) is 61.8 Å². The maximum Gasteiger partial charge on any atom is 0.306 e. The van der Waals surface area contributed by atoms with Crippen LogP contribution in [0.15, 0.2) is 24.3 Å². The molecule has 0 spiro atoms. The van der Waals surface area contributed by atoms with Gasteiger partial charge in [0.25, 0.3) is 0 Å². The summed E-state index contributed by atoms with van der Waals surface area (Å²) in [5.41, 5.74) is 0. The summed E-state index contributed by atoms with van der Waals surface area (Å²) >= 11 is 0. The Morgan fingerprint density at radius 3 is 1.06 bits per heavy atom. The zero-order valence-electron chi connectivity index (χ0n) is 43.6. The van der Waals surface area contributed by atoms with Crippen molar-refractivity contribution in [2.45, 2.75) is 322 Å². The van der Waals surface area contributed by atoms with Crippen molar-refractivity contribution >= 4 is 11.9 Å². The van der Waals surface area contributed by atoms with Gasteiger partial charge < -0.3 is 14.2 Å². The first kappa shape index (κ1) is 62.4. The van der Waals surface area contributed by atoms with E-state index in [1.807, 2.05) is 0 Å². The van der Waals surface area contributed by atoms with Crippen molar-refractivity contribution in [1.82, 2.24) is 0 Å². The number of rotatable bonds is 54. The zero-order chi connectivity index (χ0) is 46.3. The second-order valence-electron chi connectivity index (χ2n) is 19.6. The lowest BCUT2D eigenvalue weighted by molar-refractivity contribution is -0.163. The number of ether oxygens (including phenoxy) is 3. The highest BCUT2D eigenvalue weighted by molar-refractivity contribution is 5.70. The van der Waals surface area contributed by atoms with Crippen LogP contribution in [0.5, 0.6) is 0 Å². The van der Waals surface area contributed by atoms with Crippen LogP contribution in [0, 0.1) is 0 Å². The van der Waals surface area contributed by atoms with Gasteiger partial charge in [0.05, 0.1) is 6.61 Å².